The van der Waals surface area contributed by atoms with Crippen molar-refractivity contribution >= 4 is 11.9 Å². The summed E-state index contributed by atoms with van der Waals surface area (Å²) in [5.41, 5.74) is -0.245. The van der Waals surface area contributed by atoms with Crippen molar-refractivity contribution < 1.29 is 14.3 Å². The number of rotatable bonds is 3. The van der Waals surface area contributed by atoms with Crippen molar-refractivity contribution in [1.29, 1.82) is 0 Å². The second-order valence-electron chi connectivity index (χ2n) is 4.38. The Balaban J connectivity index is 2.31. The number of carbonyl (C=O) groups is 2. The average molecular weight is 248 g/mol. The monoisotopic (exact) mass is 248 g/mol. The number of nitrogens with one attached hydrogen (secondary N) is 1. The van der Waals surface area contributed by atoms with Crippen LogP contribution in [0.25, 0.3) is 0 Å². The minimum Gasteiger partial charge on any atom is -0.494 e. The van der Waals surface area contributed by atoms with E-state index >= 15 is 0 Å². The maximum atomic E-state index is 12.1. The molecule has 1 saturated heterocycles. The second kappa shape index (κ2) is 4.33. The summed E-state index contributed by atoms with van der Waals surface area (Å²) in [6, 6.07) is 6.80. The van der Waals surface area contributed by atoms with Gasteiger partial charge in [-0.05, 0) is 31.5 Å². The molecule has 5 nitrogen and oxygen atoms in total. The summed E-state index contributed by atoms with van der Waals surface area (Å²) in [7, 11) is 1.47. The van der Waals surface area contributed by atoms with Gasteiger partial charge in [-0.15, -0.1) is 0 Å². The fraction of sp³-hybridized carbons (Fsp3) is 0.385. The molecule has 0 unspecified atom stereocenters. The van der Waals surface area contributed by atoms with Gasteiger partial charge >= 0.3 is 6.03 Å². The first-order chi connectivity index (χ1) is 8.49. The van der Waals surface area contributed by atoms with Crippen LogP contribution in [-0.2, 0) is 10.3 Å². The van der Waals surface area contributed by atoms with E-state index in [4.69, 9.17) is 4.74 Å². The lowest BCUT2D eigenvalue weighted by Gasteiger charge is -2.21. The van der Waals surface area contributed by atoms with Crippen LogP contribution < -0.4 is 10.1 Å². The van der Waals surface area contributed by atoms with Gasteiger partial charge in [0.15, 0.2) is 0 Å². The summed E-state index contributed by atoms with van der Waals surface area (Å²) < 4.78 is 5.34. The van der Waals surface area contributed by atoms with Crippen LogP contribution in [0.5, 0.6) is 5.75 Å². The van der Waals surface area contributed by atoms with Crippen molar-refractivity contribution in [3.05, 3.63) is 29.8 Å². The summed E-state index contributed by atoms with van der Waals surface area (Å²) in [5.74, 6) is 0.492. The Morgan fingerprint density at radius 1 is 1.28 bits per heavy atom. The quantitative estimate of drug-likeness (QED) is 0.824. The molecule has 0 bridgehead atoms. The van der Waals surface area contributed by atoms with Gasteiger partial charge in [0.2, 0.25) is 0 Å². The molecule has 1 heterocycles. The number of amides is 3. The van der Waals surface area contributed by atoms with E-state index in [-0.39, 0.29) is 11.9 Å². The lowest BCUT2D eigenvalue weighted by atomic mass is 9.92. The highest BCUT2D eigenvalue weighted by molar-refractivity contribution is 6.06. The fourth-order valence-electron chi connectivity index (χ4n) is 2.03. The Bertz CT molecular complexity index is 484. The zero-order valence-electron chi connectivity index (χ0n) is 10.7. The number of ether oxygens (including phenoxy) is 1. The molecule has 18 heavy (non-hydrogen) atoms. The molecule has 2 rings (SSSR count). The molecular weight excluding hydrogens is 232 g/mol. The van der Waals surface area contributed by atoms with Gasteiger partial charge in [-0.25, -0.2) is 4.79 Å². The number of carbonyl (C=O) groups excluding carboxylic acids is 2. The summed E-state index contributed by atoms with van der Waals surface area (Å²) in [6.45, 7) is 4.20. The summed E-state index contributed by atoms with van der Waals surface area (Å²) >= 11 is 0. The normalized spacial score (nSPS) is 23.2. The van der Waals surface area contributed by atoms with Crippen LogP contribution in [-0.4, -0.2) is 30.5 Å². The smallest absolute Gasteiger partial charge is 0.325 e. The van der Waals surface area contributed by atoms with Crippen molar-refractivity contribution in [3.63, 3.8) is 0 Å². The molecule has 1 aliphatic heterocycles. The number of imide groups is 1. The second-order valence-corrected chi connectivity index (χ2v) is 4.38. The van der Waals surface area contributed by atoms with Gasteiger partial charge in [-0.2, -0.15) is 0 Å². The molecule has 5 heteroatoms. The number of urea groups is 1. The van der Waals surface area contributed by atoms with Crippen molar-refractivity contribution in [1.82, 2.24) is 10.2 Å². The van der Waals surface area contributed by atoms with E-state index in [9.17, 15) is 9.59 Å². The van der Waals surface area contributed by atoms with Crippen molar-refractivity contribution in [2.75, 3.05) is 13.7 Å². The molecule has 96 valence electrons. The van der Waals surface area contributed by atoms with Gasteiger partial charge in [-0.3, -0.25) is 9.69 Å². The number of hydrogen-bond acceptors (Lipinski definition) is 3. The summed E-state index contributed by atoms with van der Waals surface area (Å²) in [4.78, 5) is 24.7. The number of nitrogens with zero attached hydrogens (tertiary/aromatic N) is 1. The maximum absolute atomic E-state index is 12.1. The van der Waals surface area contributed by atoms with Gasteiger partial charge in [0.05, 0.1) is 6.61 Å². The molecule has 0 aliphatic carbocycles. The van der Waals surface area contributed by atoms with Crippen LogP contribution in [0.2, 0.25) is 0 Å². The predicted molar refractivity (Wildman–Crippen MR) is 66.3 cm³/mol. The zero-order valence-corrected chi connectivity index (χ0v) is 10.7. The predicted octanol–water partition coefficient (Wildman–Crippen LogP) is 1.48. The Labute approximate surface area is 106 Å². The van der Waals surface area contributed by atoms with Gasteiger partial charge in [-0.1, -0.05) is 12.1 Å². The lowest BCUT2D eigenvalue weighted by Crippen LogP contribution is -2.40. The van der Waals surface area contributed by atoms with E-state index in [1.807, 2.05) is 6.92 Å². The SMILES string of the molecule is CCOc1ccc([C@@]2(C)NC(=O)N(C)C2=O)cc1. The Morgan fingerprint density at radius 3 is 2.33 bits per heavy atom. The lowest BCUT2D eigenvalue weighted by molar-refractivity contribution is -0.130. The zero-order chi connectivity index (χ0) is 13.3. The molecule has 0 aromatic heterocycles. The van der Waals surface area contributed by atoms with Gasteiger partial charge in [0, 0.05) is 7.05 Å². The highest BCUT2D eigenvalue weighted by Crippen LogP contribution is 2.29. The molecule has 0 radical (unpaired) electrons. The van der Waals surface area contributed by atoms with Gasteiger partial charge < -0.3 is 10.1 Å². The molecule has 0 saturated carbocycles. The Kier molecular flexibility index (Phi) is 2.98. The van der Waals surface area contributed by atoms with Crippen LogP contribution in [0.3, 0.4) is 0 Å². The van der Waals surface area contributed by atoms with Gasteiger partial charge in [0.1, 0.15) is 11.3 Å². The molecule has 1 aliphatic rings. The van der Waals surface area contributed by atoms with E-state index in [1.165, 1.54) is 7.05 Å². The molecular formula is C13H16N2O3. The van der Waals surface area contributed by atoms with Crippen LogP contribution in [0.4, 0.5) is 4.79 Å². The van der Waals surface area contributed by atoms with E-state index in [2.05, 4.69) is 5.32 Å². The minimum atomic E-state index is -0.990. The highest BCUT2D eigenvalue weighted by Gasteiger charge is 2.47. The van der Waals surface area contributed by atoms with Crippen molar-refractivity contribution in [2.45, 2.75) is 19.4 Å². The third-order valence-electron chi connectivity index (χ3n) is 3.14. The molecule has 1 fully saturated rings. The van der Waals surface area contributed by atoms with E-state index in [1.54, 1.807) is 31.2 Å². The Morgan fingerprint density at radius 2 is 1.89 bits per heavy atom. The Hall–Kier alpha value is -2.04. The van der Waals surface area contributed by atoms with E-state index in [0.717, 1.165) is 16.2 Å². The van der Waals surface area contributed by atoms with E-state index < -0.39 is 5.54 Å². The number of likely N-dealkylation sites (N-methyl/N-ethyl adjacent to an activating group) is 1. The van der Waals surface area contributed by atoms with Crippen molar-refractivity contribution in [2.24, 2.45) is 0 Å². The molecule has 1 aromatic carbocycles. The topological polar surface area (TPSA) is 58.6 Å². The average Bonchev–Trinajstić information content (AvgIpc) is 2.56. The molecule has 3 amide bonds. The molecule has 1 atom stereocenters. The summed E-state index contributed by atoms with van der Waals surface area (Å²) in [6.07, 6.45) is 0. The van der Waals surface area contributed by atoms with Crippen molar-refractivity contribution in [3.8, 4) is 5.75 Å². The van der Waals surface area contributed by atoms with Gasteiger partial charge in [0.25, 0.3) is 5.91 Å². The highest BCUT2D eigenvalue weighted by atomic mass is 16.5. The molecule has 1 N–H and O–H groups in total. The first-order valence-corrected chi connectivity index (χ1v) is 5.82. The number of hydrogen-bond donors (Lipinski definition) is 1. The third kappa shape index (κ3) is 1.81. The largest absolute Gasteiger partial charge is 0.494 e. The molecule has 1 aromatic rings. The molecule has 0 spiro atoms. The van der Waals surface area contributed by atoms with Crippen LogP contribution >= 0.6 is 0 Å². The standard InChI is InChI=1S/C13H16N2O3/c1-4-18-10-7-5-9(6-8-10)13(2)11(16)15(3)12(17)14-13/h5-8H,4H2,1-3H3,(H,14,17)/t13-/m1/s1. The number of benzene rings is 1. The first kappa shape index (κ1) is 12.4. The fourth-order valence-corrected chi connectivity index (χ4v) is 2.03. The minimum absolute atomic E-state index is 0.253. The third-order valence-corrected chi connectivity index (χ3v) is 3.14. The van der Waals surface area contributed by atoms with Crippen LogP contribution in [0.15, 0.2) is 24.3 Å². The van der Waals surface area contributed by atoms with Crippen LogP contribution in [0, 0.1) is 0 Å². The first-order valence-electron chi connectivity index (χ1n) is 5.82. The van der Waals surface area contributed by atoms with Crippen LogP contribution in [0.1, 0.15) is 19.4 Å². The van der Waals surface area contributed by atoms with E-state index in [0.29, 0.717) is 6.61 Å². The summed E-state index contributed by atoms with van der Waals surface area (Å²) in [5, 5.41) is 2.69. The maximum Gasteiger partial charge on any atom is 0.325 e.